The molecule has 1 amide bonds. The predicted octanol–water partition coefficient (Wildman–Crippen LogP) is 4.25. The molecule has 4 rings (SSSR count). The minimum absolute atomic E-state index is 0.328. The minimum atomic E-state index is -0.781. The molecule has 2 aromatic carbocycles. The van der Waals surface area contributed by atoms with Crippen LogP contribution >= 0.6 is 0 Å². The van der Waals surface area contributed by atoms with E-state index in [-0.39, 0.29) is 11.5 Å². The Morgan fingerprint density at radius 3 is 2.19 bits per heavy atom. The van der Waals surface area contributed by atoms with Gasteiger partial charge in [-0.05, 0) is 61.5 Å². The highest BCUT2D eigenvalue weighted by Crippen LogP contribution is 2.20. The summed E-state index contributed by atoms with van der Waals surface area (Å²) in [5, 5.41) is 10.5. The van der Waals surface area contributed by atoms with Crippen molar-refractivity contribution in [2.24, 2.45) is 0 Å². The first-order valence-electron chi connectivity index (χ1n) is 9.83. The summed E-state index contributed by atoms with van der Waals surface area (Å²) in [7, 11) is 0. The molecule has 0 bridgehead atoms. The second kappa shape index (κ2) is 9.04. The summed E-state index contributed by atoms with van der Waals surface area (Å²) in [5.74, 6) is -0.328. The van der Waals surface area contributed by atoms with Crippen molar-refractivity contribution in [3.63, 3.8) is 0 Å². The average Bonchev–Trinajstić information content (AvgIpc) is 2.81. The molecular formula is C24H21N5O2. The lowest BCUT2D eigenvalue weighted by Gasteiger charge is -2.15. The van der Waals surface area contributed by atoms with Gasteiger partial charge in [-0.15, -0.1) is 0 Å². The summed E-state index contributed by atoms with van der Waals surface area (Å²) < 4.78 is 1.19. The van der Waals surface area contributed by atoms with Crippen LogP contribution in [0, 0.1) is 0 Å². The third-order valence-electron chi connectivity index (χ3n) is 4.76. The van der Waals surface area contributed by atoms with Crippen molar-refractivity contribution in [3.05, 3.63) is 102 Å². The van der Waals surface area contributed by atoms with Crippen molar-refractivity contribution in [2.75, 3.05) is 10.6 Å². The maximum atomic E-state index is 12.8. The molecule has 1 atom stereocenters. The van der Waals surface area contributed by atoms with Gasteiger partial charge in [-0.2, -0.15) is 5.10 Å². The molecule has 0 saturated carbocycles. The molecule has 0 radical (unpaired) electrons. The van der Waals surface area contributed by atoms with Crippen LogP contribution in [0.1, 0.15) is 13.0 Å². The van der Waals surface area contributed by atoms with Gasteiger partial charge in [-0.3, -0.25) is 14.6 Å². The number of hydrogen-bond acceptors (Lipinski definition) is 5. The lowest BCUT2D eigenvalue weighted by molar-refractivity contribution is -0.119. The Hall–Kier alpha value is -4.26. The first-order valence-corrected chi connectivity index (χ1v) is 9.83. The number of pyridine rings is 1. The van der Waals surface area contributed by atoms with Crippen LogP contribution in [-0.2, 0) is 4.79 Å². The average molecular weight is 411 g/mol. The van der Waals surface area contributed by atoms with Gasteiger partial charge in [0.05, 0.1) is 5.69 Å². The summed E-state index contributed by atoms with van der Waals surface area (Å²) in [6, 6.07) is 23.0. The third kappa shape index (κ3) is 4.84. The van der Waals surface area contributed by atoms with Crippen LogP contribution < -0.4 is 16.2 Å². The molecule has 0 aliphatic heterocycles. The second-order valence-electron chi connectivity index (χ2n) is 6.97. The van der Waals surface area contributed by atoms with Gasteiger partial charge in [0.15, 0.2) is 0 Å². The fraction of sp³-hybridized carbons (Fsp3) is 0.0833. The number of nitrogens with one attached hydrogen (secondary N) is 2. The Labute approximate surface area is 179 Å². The number of anilines is 3. The number of para-hydroxylation sites is 1. The Bertz CT molecular complexity index is 1220. The van der Waals surface area contributed by atoms with Crippen molar-refractivity contribution in [3.8, 4) is 11.3 Å². The molecule has 7 heteroatoms. The topological polar surface area (TPSA) is 88.9 Å². The number of aromatic nitrogens is 3. The molecule has 0 aliphatic carbocycles. The van der Waals surface area contributed by atoms with Crippen LogP contribution in [0.5, 0.6) is 0 Å². The van der Waals surface area contributed by atoms with Gasteiger partial charge in [0.2, 0.25) is 5.91 Å². The Balaban J connectivity index is 1.47. The summed E-state index contributed by atoms with van der Waals surface area (Å²) in [6.07, 6.45) is 3.30. The van der Waals surface area contributed by atoms with Crippen molar-refractivity contribution in [1.29, 1.82) is 0 Å². The normalized spacial score (nSPS) is 11.5. The number of amides is 1. The summed E-state index contributed by atoms with van der Waals surface area (Å²) in [4.78, 5) is 29.1. The largest absolute Gasteiger partial charge is 0.356 e. The minimum Gasteiger partial charge on any atom is -0.356 e. The Kier molecular flexibility index (Phi) is 5.84. The van der Waals surface area contributed by atoms with Crippen molar-refractivity contribution < 1.29 is 4.79 Å². The zero-order valence-electron chi connectivity index (χ0n) is 16.9. The number of nitrogens with zero attached hydrogens (tertiary/aromatic N) is 3. The van der Waals surface area contributed by atoms with E-state index in [4.69, 9.17) is 0 Å². The molecule has 7 nitrogen and oxygen atoms in total. The van der Waals surface area contributed by atoms with E-state index in [0.29, 0.717) is 11.4 Å². The molecular weight excluding hydrogens is 390 g/mol. The molecule has 0 aliphatic rings. The molecule has 2 N–H and O–H groups in total. The van der Waals surface area contributed by atoms with Crippen LogP contribution in [0.4, 0.5) is 17.1 Å². The van der Waals surface area contributed by atoms with E-state index in [2.05, 4.69) is 20.7 Å². The van der Waals surface area contributed by atoms with Crippen LogP contribution in [0.25, 0.3) is 11.3 Å². The molecule has 2 aromatic heterocycles. The highest BCUT2D eigenvalue weighted by Gasteiger charge is 2.18. The molecule has 4 aromatic rings. The van der Waals surface area contributed by atoms with E-state index in [1.165, 1.54) is 10.7 Å². The smallest absolute Gasteiger partial charge is 0.267 e. The van der Waals surface area contributed by atoms with Gasteiger partial charge in [-0.25, -0.2) is 4.68 Å². The lowest BCUT2D eigenvalue weighted by Crippen LogP contribution is -2.33. The highest BCUT2D eigenvalue weighted by molar-refractivity contribution is 5.93. The van der Waals surface area contributed by atoms with Gasteiger partial charge in [0.1, 0.15) is 6.04 Å². The predicted molar refractivity (Wildman–Crippen MR) is 121 cm³/mol. The monoisotopic (exact) mass is 411 g/mol. The maximum Gasteiger partial charge on any atom is 0.267 e. The van der Waals surface area contributed by atoms with E-state index in [0.717, 1.165) is 16.9 Å². The van der Waals surface area contributed by atoms with Gasteiger partial charge < -0.3 is 10.6 Å². The summed E-state index contributed by atoms with van der Waals surface area (Å²) >= 11 is 0. The van der Waals surface area contributed by atoms with Gasteiger partial charge in [-0.1, -0.05) is 18.2 Å². The SMILES string of the molecule is CC(C(=O)Nc1ccc(Nc2ccccc2)cc1)n1nc(-c2ccncc2)ccc1=O. The number of carbonyl (C=O) groups is 1. The molecule has 31 heavy (non-hydrogen) atoms. The second-order valence-corrected chi connectivity index (χ2v) is 6.97. The molecule has 0 spiro atoms. The zero-order valence-corrected chi connectivity index (χ0v) is 16.9. The maximum absolute atomic E-state index is 12.8. The fourth-order valence-corrected chi connectivity index (χ4v) is 3.06. The van der Waals surface area contributed by atoms with Crippen molar-refractivity contribution in [1.82, 2.24) is 14.8 Å². The summed E-state index contributed by atoms with van der Waals surface area (Å²) in [6.45, 7) is 1.64. The van der Waals surface area contributed by atoms with E-state index in [9.17, 15) is 9.59 Å². The van der Waals surface area contributed by atoms with Crippen LogP contribution in [0.3, 0.4) is 0 Å². The number of hydrogen-bond donors (Lipinski definition) is 2. The first-order chi connectivity index (χ1) is 15.1. The molecule has 154 valence electrons. The number of rotatable bonds is 6. The third-order valence-corrected chi connectivity index (χ3v) is 4.76. The molecule has 0 fully saturated rings. The fourth-order valence-electron chi connectivity index (χ4n) is 3.06. The van der Waals surface area contributed by atoms with Gasteiger partial charge >= 0.3 is 0 Å². The first kappa shape index (κ1) is 20.0. The lowest BCUT2D eigenvalue weighted by atomic mass is 10.2. The van der Waals surface area contributed by atoms with Crippen molar-refractivity contribution >= 4 is 23.0 Å². The summed E-state index contributed by atoms with van der Waals surface area (Å²) in [5.41, 5.74) is 3.58. The Morgan fingerprint density at radius 2 is 1.48 bits per heavy atom. The van der Waals surface area contributed by atoms with Gasteiger partial charge in [0, 0.05) is 41.1 Å². The zero-order chi connectivity index (χ0) is 21.6. The number of carbonyl (C=O) groups excluding carboxylic acids is 1. The number of benzene rings is 2. The molecule has 1 unspecified atom stereocenters. The van der Waals surface area contributed by atoms with E-state index < -0.39 is 6.04 Å². The van der Waals surface area contributed by atoms with Crippen LogP contribution in [0.2, 0.25) is 0 Å². The quantitative estimate of drug-likeness (QED) is 0.495. The highest BCUT2D eigenvalue weighted by atomic mass is 16.2. The van der Waals surface area contributed by atoms with Crippen molar-refractivity contribution in [2.45, 2.75) is 13.0 Å². The van der Waals surface area contributed by atoms with E-state index >= 15 is 0 Å². The molecule has 0 saturated heterocycles. The van der Waals surface area contributed by atoms with Gasteiger partial charge in [0.25, 0.3) is 5.56 Å². The Morgan fingerprint density at radius 1 is 0.839 bits per heavy atom. The molecule has 2 heterocycles. The van der Waals surface area contributed by atoms with Crippen LogP contribution in [0.15, 0.2) is 96.1 Å². The van der Waals surface area contributed by atoms with E-state index in [1.54, 1.807) is 49.6 Å². The van der Waals surface area contributed by atoms with Crippen LogP contribution in [-0.4, -0.2) is 20.7 Å². The standard InChI is InChI=1S/C24H21N5O2/c1-17(29-23(30)12-11-22(28-29)18-13-15-25-16-14-18)24(31)27-21-9-7-20(8-10-21)26-19-5-3-2-4-6-19/h2-17,26H,1H3,(H,27,31). The van der Waals surface area contributed by atoms with E-state index in [1.807, 2.05) is 42.5 Å².